The van der Waals surface area contributed by atoms with Crippen molar-refractivity contribution in [1.29, 1.82) is 0 Å². The van der Waals surface area contributed by atoms with Gasteiger partial charge in [0, 0.05) is 6.08 Å². The minimum absolute atomic E-state index is 0.154. The van der Waals surface area contributed by atoms with Crippen LogP contribution in [0.1, 0.15) is 16.9 Å². The molecule has 1 aromatic carbocycles. The first kappa shape index (κ1) is 13.7. The van der Waals surface area contributed by atoms with Crippen LogP contribution in [0, 0.1) is 13.8 Å². The molecule has 0 atom stereocenters. The van der Waals surface area contributed by atoms with Gasteiger partial charge in [-0.05, 0) is 61.0 Å². The second kappa shape index (κ2) is 5.61. The van der Waals surface area contributed by atoms with Gasteiger partial charge < -0.3 is 9.73 Å². The molecule has 2 heterocycles. The fourth-order valence-electron chi connectivity index (χ4n) is 1.90. The fourth-order valence-corrected chi connectivity index (χ4v) is 2.72. The number of hydrogen-bond donors (Lipinski definition) is 1. The van der Waals surface area contributed by atoms with Gasteiger partial charge in [0.2, 0.25) is 0 Å². The number of nitrogens with zero attached hydrogens (tertiary/aromatic N) is 1. The average Bonchev–Trinajstić information content (AvgIpc) is 3.06. The van der Waals surface area contributed by atoms with Gasteiger partial charge in [0.15, 0.2) is 5.17 Å². The van der Waals surface area contributed by atoms with Gasteiger partial charge in [0.25, 0.3) is 5.91 Å². The van der Waals surface area contributed by atoms with E-state index in [4.69, 9.17) is 4.42 Å². The van der Waals surface area contributed by atoms with Crippen LogP contribution in [0.3, 0.4) is 0 Å². The Balaban J connectivity index is 1.83. The van der Waals surface area contributed by atoms with E-state index in [1.165, 1.54) is 22.9 Å². The Morgan fingerprint density at radius 2 is 2.10 bits per heavy atom. The maximum absolute atomic E-state index is 11.9. The number of thioether (sulfide) groups is 1. The Labute approximate surface area is 127 Å². The van der Waals surface area contributed by atoms with Crippen LogP contribution in [0.5, 0.6) is 0 Å². The third-order valence-corrected chi connectivity index (χ3v) is 4.10. The van der Waals surface area contributed by atoms with Crippen molar-refractivity contribution >= 4 is 34.6 Å². The number of carbonyl (C=O) groups is 1. The monoisotopic (exact) mass is 298 g/mol. The molecule has 0 aliphatic carbocycles. The van der Waals surface area contributed by atoms with E-state index in [0.29, 0.717) is 15.8 Å². The van der Waals surface area contributed by atoms with Gasteiger partial charge in [-0.2, -0.15) is 0 Å². The molecule has 0 saturated carbocycles. The lowest BCUT2D eigenvalue weighted by Gasteiger charge is -2.01. The van der Waals surface area contributed by atoms with E-state index in [0.717, 1.165) is 5.69 Å². The lowest BCUT2D eigenvalue weighted by molar-refractivity contribution is -0.115. The van der Waals surface area contributed by atoms with Crippen molar-refractivity contribution in [3.05, 3.63) is 58.4 Å². The summed E-state index contributed by atoms with van der Waals surface area (Å²) in [5.74, 6) is 0.499. The Bertz CT molecular complexity index is 746. The third-order valence-electron chi connectivity index (χ3n) is 3.19. The molecule has 4 nitrogen and oxygen atoms in total. The van der Waals surface area contributed by atoms with Crippen LogP contribution >= 0.6 is 11.8 Å². The molecule has 0 radical (unpaired) electrons. The molecule has 1 aliphatic heterocycles. The molecule has 1 amide bonds. The molecular formula is C16H14N2O2S. The predicted molar refractivity (Wildman–Crippen MR) is 85.4 cm³/mol. The number of hydrogen-bond acceptors (Lipinski definition) is 4. The number of rotatable bonds is 2. The Morgan fingerprint density at radius 1 is 1.24 bits per heavy atom. The van der Waals surface area contributed by atoms with Crippen molar-refractivity contribution in [2.45, 2.75) is 13.8 Å². The molecule has 1 N–H and O–H groups in total. The van der Waals surface area contributed by atoms with Gasteiger partial charge in [0.05, 0.1) is 16.9 Å². The molecule has 0 spiro atoms. The summed E-state index contributed by atoms with van der Waals surface area (Å²) in [5, 5.41) is 3.35. The first-order valence-corrected chi connectivity index (χ1v) is 7.34. The summed E-state index contributed by atoms with van der Waals surface area (Å²) in [7, 11) is 0. The van der Waals surface area contributed by atoms with E-state index in [9.17, 15) is 4.79 Å². The lowest BCUT2D eigenvalue weighted by Crippen LogP contribution is -2.19. The molecule has 5 heteroatoms. The number of carbonyl (C=O) groups excluding carboxylic acids is 1. The second-order valence-electron chi connectivity index (χ2n) is 4.77. The molecule has 0 unspecified atom stereocenters. The molecule has 2 aromatic rings. The Kier molecular flexibility index (Phi) is 3.66. The summed E-state index contributed by atoms with van der Waals surface area (Å²) in [5.41, 5.74) is 3.23. The van der Waals surface area contributed by atoms with Gasteiger partial charge in [-0.1, -0.05) is 6.07 Å². The maximum Gasteiger partial charge on any atom is 0.264 e. The summed E-state index contributed by atoms with van der Waals surface area (Å²) in [6.45, 7) is 4.10. The van der Waals surface area contributed by atoms with Crippen LogP contribution < -0.4 is 5.32 Å². The maximum atomic E-state index is 11.9. The summed E-state index contributed by atoms with van der Waals surface area (Å²) in [6.07, 6.45) is 3.29. The molecule has 1 fully saturated rings. The molecule has 1 saturated heterocycles. The van der Waals surface area contributed by atoms with E-state index in [1.54, 1.807) is 24.5 Å². The van der Waals surface area contributed by atoms with Crippen molar-refractivity contribution in [2.75, 3.05) is 0 Å². The zero-order valence-corrected chi connectivity index (χ0v) is 12.5. The van der Waals surface area contributed by atoms with Gasteiger partial charge >= 0.3 is 0 Å². The summed E-state index contributed by atoms with van der Waals surface area (Å²) < 4.78 is 5.22. The zero-order valence-electron chi connectivity index (χ0n) is 11.7. The van der Waals surface area contributed by atoms with Crippen molar-refractivity contribution < 1.29 is 9.21 Å². The molecule has 1 aromatic heterocycles. The van der Waals surface area contributed by atoms with Gasteiger partial charge in [-0.25, -0.2) is 4.99 Å². The largest absolute Gasteiger partial charge is 0.465 e. The normalized spacial score (nSPS) is 18.5. The summed E-state index contributed by atoms with van der Waals surface area (Å²) >= 11 is 1.31. The average molecular weight is 298 g/mol. The minimum atomic E-state index is -0.154. The summed E-state index contributed by atoms with van der Waals surface area (Å²) in [6, 6.07) is 9.56. The van der Waals surface area contributed by atoms with Gasteiger partial charge in [0.1, 0.15) is 5.76 Å². The highest BCUT2D eigenvalue weighted by atomic mass is 32.2. The van der Waals surface area contributed by atoms with Crippen molar-refractivity contribution in [3.8, 4) is 0 Å². The SMILES string of the molecule is Cc1ccc(N=C2NC(=O)/C(=C\c3ccco3)S2)cc1C. The molecule has 3 rings (SSSR count). The highest BCUT2D eigenvalue weighted by molar-refractivity contribution is 8.18. The van der Waals surface area contributed by atoms with Gasteiger partial charge in [-0.15, -0.1) is 0 Å². The fraction of sp³-hybridized carbons (Fsp3) is 0.125. The highest BCUT2D eigenvalue weighted by Gasteiger charge is 2.24. The number of amidine groups is 1. The Hall–Kier alpha value is -2.27. The number of benzene rings is 1. The quantitative estimate of drug-likeness (QED) is 0.858. The predicted octanol–water partition coefficient (Wildman–Crippen LogP) is 3.79. The molecular weight excluding hydrogens is 284 g/mol. The number of aliphatic imine (C=N–C) groups is 1. The first-order chi connectivity index (χ1) is 10.1. The van der Waals surface area contributed by atoms with Crippen LogP contribution in [-0.4, -0.2) is 11.1 Å². The van der Waals surface area contributed by atoms with E-state index in [2.05, 4.69) is 17.2 Å². The van der Waals surface area contributed by atoms with E-state index in [1.807, 2.05) is 25.1 Å². The second-order valence-corrected chi connectivity index (χ2v) is 5.80. The van der Waals surface area contributed by atoms with Crippen LogP contribution in [0.25, 0.3) is 6.08 Å². The Morgan fingerprint density at radius 3 is 2.81 bits per heavy atom. The standard InChI is InChI=1S/C16H14N2O2S/c1-10-5-6-12(8-11(10)2)17-16-18-15(19)14(21-16)9-13-4-3-7-20-13/h3-9H,1-2H3,(H,17,18,19)/b14-9+. The zero-order chi connectivity index (χ0) is 14.8. The minimum Gasteiger partial charge on any atom is -0.465 e. The van der Waals surface area contributed by atoms with Crippen molar-refractivity contribution in [1.82, 2.24) is 5.32 Å². The van der Waals surface area contributed by atoms with Crippen molar-refractivity contribution in [3.63, 3.8) is 0 Å². The van der Waals surface area contributed by atoms with Gasteiger partial charge in [-0.3, -0.25) is 4.79 Å². The van der Waals surface area contributed by atoms with Crippen molar-refractivity contribution in [2.24, 2.45) is 4.99 Å². The smallest absolute Gasteiger partial charge is 0.264 e. The highest BCUT2D eigenvalue weighted by Crippen LogP contribution is 2.28. The molecule has 1 aliphatic rings. The number of furan rings is 1. The molecule has 0 bridgehead atoms. The molecule has 106 valence electrons. The van der Waals surface area contributed by atoms with E-state index >= 15 is 0 Å². The van der Waals surface area contributed by atoms with Crippen LogP contribution in [0.2, 0.25) is 0 Å². The van der Waals surface area contributed by atoms with Crippen LogP contribution in [-0.2, 0) is 4.79 Å². The van der Waals surface area contributed by atoms with E-state index in [-0.39, 0.29) is 5.91 Å². The van der Waals surface area contributed by atoms with Crippen LogP contribution in [0.15, 0.2) is 50.9 Å². The van der Waals surface area contributed by atoms with Crippen LogP contribution in [0.4, 0.5) is 5.69 Å². The topological polar surface area (TPSA) is 54.6 Å². The number of aryl methyl sites for hydroxylation is 2. The van der Waals surface area contributed by atoms with E-state index < -0.39 is 0 Å². The summed E-state index contributed by atoms with van der Waals surface area (Å²) in [4.78, 5) is 16.9. The lowest BCUT2D eigenvalue weighted by atomic mass is 10.1. The number of amides is 1. The molecule has 21 heavy (non-hydrogen) atoms. The third kappa shape index (κ3) is 3.08. The number of nitrogens with one attached hydrogen (secondary N) is 1. The first-order valence-electron chi connectivity index (χ1n) is 6.52.